The molecule has 0 bridgehead atoms. The van der Waals surface area contributed by atoms with E-state index in [1.807, 2.05) is 29.1 Å². The van der Waals surface area contributed by atoms with E-state index in [9.17, 15) is 0 Å². The van der Waals surface area contributed by atoms with E-state index in [-0.39, 0.29) is 4.08 Å². The molecule has 0 amide bonds. The lowest BCUT2D eigenvalue weighted by Gasteiger charge is -2.23. The van der Waals surface area contributed by atoms with Crippen molar-refractivity contribution in [3.8, 4) is 5.82 Å². The zero-order valence-electron chi connectivity index (χ0n) is 10.2. The van der Waals surface area contributed by atoms with Crippen molar-refractivity contribution in [3.05, 3.63) is 40.3 Å². The van der Waals surface area contributed by atoms with Crippen LogP contribution in [0.2, 0.25) is 0 Å². The molecule has 2 aromatic heterocycles. The van der Waals surface area contributed by atoms with Crippen LogP contribution in [-0.2, 0) is 10.5 Å². The monoisotopic (exact) mass is 353 g/mol. The highest BCUT2D eigenvalue weighted by atomic mass is 79.9. The lowest BCUT2D eigenvalue weighted by Crippen LogP contribution is -2.17. The number of nitrogens with zero attached hydrogens (tertiary/aromatic N) is 3. The summed E-state index contributed by atoms with van der Waals surface area (Å²) < 4.78 is 3.11. The van der Waals surface area contributed by atoms with Crippen molar-refractivity contribution in [3.63, 3.8) is 0 Å². The Morgan fingerprint density at radius 3 is 2.89 bits per heavy atom. The summed E-state index contributed by atoms with van der Waals surface area (Å²) in [6.45, 7) is 0. The molecule has 2 aliphatic rings. The molecule has 4 rings (SSSR count). The van der Waals surface area contributed by atoms with Crippen LogP contribution < -0.4 is 0 Å². The first-order valence-electron chi connectivity index (χ1n) is 6.27. The molecule has 6 heteroatoms. The van der Waals surface area contributed by atoms with Crippen LogP contribution >= 0.6 is 39.5 Å². The molecular formula is C13H12BrN3S2. The first-order valence-corrected chi connectivity index (χ1v) is 9.03. The van der Waals surface area contributed by atoms with Crippen LogP contribution in [0.25, 0.3) is 5.82 Å². The number of aryl methyl sites for hydroxylation is 1. The maximum atomic E-state index is 4.57. The Hall–Kier alpha value is -0.460. The van der Waals surface area contributed by atoms with Crippen LogP contribution in [0.5, 0.6) is 0 Å². The van der Waals surface area contributed by atoms with E-state index < -0.39 is 0 Å². The minimum absolute atomic E-state index is 0.218. The Morgan fingerprint density at radius 2 is 2.11 bits per heavy atom. The summed E-state index contributed by atoms with van der Waals surface area (Å²) in [6, 6.07) is 5.98. The van der Waals surface area contributed by atoms with Gasteiger partial charge >= 0.3 is 0 Å². The lowest BCUT2D eigenvalue weighted by atomic mass is 10.3. The summed E-state index contributed by atoms with van der Waals surface area (Å²) >= 11 is 7.59. The van der Waals surface area contributed by atoms with E-state index in [4.69, 9.17) is 0 Å². The van der Waals surface area contributed by atoms with Crippen LogP contribution in [0.4, 0.5) is 0 Å². The predicted molar refractivity (Wildman–Crippen MR) is 84.0 cm³/mol. The normalized spacial score (nSPS) is 20.1. The van der Waals surface area contributed by atoms with Gasteiger partial charge in [0.1, 0.15) is 8.68 Å². The molecule has 0 N–H and O–H groups in total. The first kappa shape index (κ1) is 12.3. The van der Waals surface area contributed by atoms with Gasteiger partial charge in [-0.1, -0.05) is 6.07 Å². The van der Waals surface area contributed by atoms with Crippen molar-refractivity contribution in [2.24, 2.45) is 0 Å². The molecule has 19 heavy (non-hydrogen) atoms. The maximum absolute atomic E-state index is 4.57. The largest absolute Gasteiger partial charge is 0.222 e. The number of halogens is 1. The van der Waals surface area contributed by atoms with Gasteiger partial charge in [0.25, 0.3) is 0 Å². The Morgan fingerprint density at radius 1 is 1.26 bits per heavy atom. The van der Waals surface area contributed by atoms with E-state index in [2.05, 4.69) is 49.5 Å². The quantitative estimate of drug-likeness (QED) is 0.732. The van der Waals surface area contributed by atoms with Crippen molar-refractivity contribution in [1.82, 2.24) is 14.8 Å². The van der Waals surface area contributed by atoms with Gasteiger partial charge in [-0.2, -0.15) is 5.10 Å². The van der Waals surface area contributed by atoms with E-state index in [0.29, 0.717) is 0 Å². The van der Waals surface area contributed by atoms with Gasteiger partial charge in [0.05, 0.1) is 11.9 Å². The molecule has 0 aromatic carbocycles. The van der Waals surface area contributed by atoms with Crippen molar-refractivity contribution in [2.45, 2.75) is 16.9 Å². The number of rotatable bonds is 1. The van der Waals surface area contributed by atoms with Gasteiger partial charge in [-0.25, -0.2) is 9.67 Å². The fourth-order valence-corrected chi connectivity index (χ4v) is 6.51. The summed E-state index contributed by atoms with van der Waals surface area (Å²) in [5.74, 6) is 3.38. The summed E-state index contributed by atoms with van der Waals surface area (Å²) in [6.07, 6.45) is 4.39. The molecule has 1 fully saturated rings. The zero-order valence-corrected chi connectivity index (χ0v) is 13.4. The van der Waals surface area contributed by atoms with Crippen molar-refractivity contribution in [2.75, 3.05) is 11.5 Å². The number of pyridine rings is 1. The van der Waals surface area contributed by atoms with Gasteiger partial charge in [0.2, 0.25) is 0 Å². The van der Waals surface area contributed by atoms with E-state index in [1.165, 1.54) is 29.2 Å². The predicted octanol–water partition coefficient (Wildman–Crippen LogP) is 3.61. The molecule has 1 aliphatic heterocycles. The Labute approximate surface area is 128 Å². The third kappa shape index (κ3) is 1.87. The second-order valence-electron chi connectivity index (χ2n) is 4.70. The summed E-state index contributed by atoms with van der Waals surface area (Å²) in [5.41, 5.74) is 2.76. The number of aromatic nitrogens is 3. The van der Waals surface area contributed by atoms with Crippen LogP contribution in [0.1, 0.15) is 17.7 Å². The third-order valence-corrected chi connectivity index (χ3v) is 7.55. The molecule has 0 saturated carbocycles. The second kappa shape index (κ2) is 4.53. The fourth-order valence-electron chi connectivity index (χ4n) is 2.81. The Bertz CT molecular complexity index is 635. The first-order chi connectivity index (χ1) is 9.28. The molecular weight excluding hydrogens is 342 g/mol. The zero-order chi connectivity index (χ0) is 12.9. The summed E-state index contributed by atoms with van der Waals surface area (Å²) in [4.78, 5) is 4.55. The molecule has 0 radical (unpaired) electrons. The van der Waals surface area contributed by atoms with Crippen LogP contribution in [0.3, 0.4) is 0 Å². The molecule has 98 valence electrons. The van der Waals surface area contributed by atoms with E-state index in [0.717, 1.165) is 16.8 Å². The second-order valence-corrected chi connectivity index (χ2v) is 8.56. The topological polar surface area (TPSA) is 30.7 Å². The average Bonchev–Trinajstić information content (AvgIpc) is 3.11. The number of thioether (sulfide) groups is 2. The molecule has 0 atom stereocenters. The highest BCUT2D eigenvalue weighted by molar-refractivity contribution is 9.10. The van der Waals surface area contributed by atoms with Crippen LogP contribution in [-0.4, -0.2) is 26.3 Å². The number of hydrogen-bond donors (Lipinski definition) is 0. The van der Waals surface area contributed by atoms with Gasteiger partial charge in [0.15, 0.2) is 5.82 Å². The molecule has 0 unspecified atom stereocenters. The standard InChI is InChI=1S/C13H12BrN3S2/c14-10-2-1-3-11(16-10)17-12-9(8-15-17)4-5-13(12)18-6-7-19-13/h1-3,8H,4-7H2. The molecule has 3 nitrogen and oxygen atoms in total. The number of fused-ring (bicyclic) bond motifs is 2. The van der Waals surface area contributed by atoms with Gasteiger partial charge in [-0.15, -0.1) is 23.5 Å². The fraction of sp³-hybridized carbons (Fsp3) is 0.385. The average molecular weight is 354 g/mol. The van der Waals surface area contributed by atoms with Gasteiger partial charge in [0, 0.05) is 11.5 Å². The van der Waals surface area contributed by atoms with E-state index >= 15 is 0 Å². The maximum Gasteiger partial charge on any atom is 0.155 e. The van der Waals surface area contributed by atoms with Gasteiger partial charge in [-0.05, 0) is 46.5 Å². The Kier molecular flexibility index (Phi) is 2.93. The van der Waals surface area contributed by atoms with Crippen molar-refractivity contribution in [1.29, 1.82) is 0 Å². The number of hydrogen-bond acceptors (Lipinski definition) is 4. The highest BCUT2D eigenvalue weighted by Gasteiger charge is 2.46. The molecule has 1 aliphatic carbocycles. The smallest absolute Gasteiger partial charge is 0.155 e. The van der Waals surface area contributed by atoms with Crippen LogP contribution in [0.15, 0.2) is 29.0 Å². The summed E-state index contributed by atoms with van der Waals surface area (Å²) in [7, 11) is 0. The molecule has 1 spiro atoms. The third-order valence-electron chi connectivity index (χ3n) is 3.60. The minimum Gasteiger partial charge on any atom is -0.222 e. The van der Waals surface area contributed by atoms with Gasteiger partial charge in [-0.3, -0.25) is 0 Å². The Balaban J connectivity index is 1.88. The molecule has 1 saturated heterocycles. The highest BCUT2D eigenvalue weighted by Crippen LogP contribution is 2.59. The minimum atomic E-state index is 0.218. The van der Waals surface area contributed by atoms with Crippen LogP contribution in [0, 0.1) is 0 Å². The van der Waals surface area contributed by atoms with E-state index in [1.54, 1.807) is 0 Å². The molecule has 3 heterocycles. The lowest BCUT2D eigenvalue weighted by molar-refractivity contribution is 0.730. The molecule has 2 aromatic rings. The van der Waals surface area contributed by atoms with Crippen molar-refractivity contribution < 1.29 is 0 Å². The SMILES string of the molecule is Brc1cccc(-n2ncc3c2C2(CC3)SCCS2)n1. The van der Waals surface area contributed by atoms with Crippen molar-refractivity contribution >= 4 is 39.5 Å². The summed E-state index contributed by atoms with van der Waals surface area (Å²) in [5, 5.41) is 4.57. The van der Waals surface area contributed by atoms with Gasteiger partial charge < -0.3 is 0 Å².